The number of sulfone groups is 1. The highest BCUT2D eigenvalue weighted by atomic mass is 32.2. The van der Waals surface area contributed by atoms with Crippen LogP contribution in [0.1, 0.15) is 29.6 Å². The van der Waals surface area contributed by atoms with Crippen LogP contribution in [-0.2, 0) is 24.2 Å². The van der Waals surface area contributed by atoms with E-state index in [4.69, 9.17) is 4.74 Å². The van der Waals surface area contributed by atoms with E-state index in [1.54, 1.807) is 0 Å². The molecule has 1 saturated heterocycles. The zero-order valence-corrected chi connectivity index (χ0v) is 14.2. The fraction of sp³-hybridized carbons (Fsp3) is 0.438. The smallest absolute Gasteiger partial charge is 0.306 e. The first-order valence-corrected chi connectivity index (χ1v) is 9.51. The molecule has 0 radical (unpaired) electrons. The molecule has 1 aromatic carbocycles. The summed E-state index contributed by atoms with van der Waals surface area (Å²) in [6.07, 6.45) is 0.0163. The third-order valence-corrected chi connectivity index (χ3v) is 5.45. The number of hydrogen-bond donors (Lipinski definition) is 1. The van der Waals surface area contributed by atoms with Crippen molar-refractivity contribution in [2.24, 2.45) is 0 Å². The number of carbonyl (C=O) groups excluding carboxylic acids is 3. The standard InChI is InChI=1S/C16H18FNO6S/c17-12-3-1-11(2-4-12)14(19)5-6-16(21)24-9-15(20)18-13-7-8-25(22,23)10-13/h1-4,13H,5-10H2,(H,18,20). The quantitative estimate of drug-likeness (QED) is 0.557. The van der Waals surface area contributed by atoms with Crippen molar-refractivity contribution in [2.45, 2.75) is 25.3 Å². The van der Waals surface area contributed by atoms with Crippen molar-refractivity contribution >= 4 is 27.5 Å². The molecule has 1 aromatic rings. The number of hydrogen-bond acceptors (Lipinski definition) is 6. The Bertz CT molecular complexity index is 759. The summed E-state index contributed by atoms with van der Waals surface area (Å²) in [7, 11) is -3.10. The lowest BCUT2D eigenvalue weighted by Crippen LogP contribution is -2.38. The largest absolute Gasteiger partial charge is 0.456 e. The van der Waals surface area contributed by atoms with Crippen LogP contribution in [0.5, 0.6) is 0 Å². The number of ether oxygens (including phenoxy) is 1. The molecule has 0 aliphatic carbocycles. The molecular formula is C16H18FNO6S. The van der Waals surface area contributed by atoms with Crippen LogP contribution in [0, 0.1) is 5.82 Å². The van der Waals surface area contributed by atoms with Gasteiger partial charge in [-0.05, 0) is 30.7 Å². The lowest BCUT2D eigenvalue weighted by atomic mass is 10.1. The molecule has 0 aromatic heterocycles. The highest BCUT2D eigenvalue weighted by Crippen LogP contribution is 2.11. The zero-order valence-electron chi connectivity index (χ0n) is 13.4. The maximum absolute atomic E-state index is 12.8. The molecule has 0 bridgehead atoms. The Hall–Kier alpha value is -2.29. The summed E-state index contributed by atoms with van der Waals surface area (Å²) < 4.78 is 40.1. The van der Waals surface area contributed by atoms with Crippen molar-refractivity contribution < 1.29 is 31.9 Å². The number of Topliss-reactive ketones (excluding diaryl/α,β-unsaturated/α-hetero) is 1. The lowest BCUT2D eigenvalue weighted by Gasteiger charge is -2.11. The van der Waals surface area contributed by atoms with E-state index < -0.39 is 40.2 Å². The van der Waals surface area contributed by atoms with Crippen molar-refractivity contribution in [3.05, 3.63) is 35.6 Å². The van der Waals surface area contributed by atoms with E-state index in [1.807, 2.05) is 0 Å². The molecule has 1 unspecified atom stereocenters. The van der Waals surface area contributed by atoms with Crippen molar-refractivity contribution in [3.63, 3.8) is 0 Å². The van der Waals surface area contributed by atoms with Crippen molar-refractivity contribution in [3.8, 4) is 0 Å². The summed E-state index contributed by atoms with van der Waals surface area (Å²) in [6, 6.07) is 4.49. The Morgan fingerprint density at radius 2 is 1.84 bits per heavy atom. The minimum Gasteiger partial charge on any atom is -0.456 e. The van der Waals surface area contributed by atoms with Crippen LogP contribution in [0.2, 0.25) is 0 Å². The van der Waals surface area contributed by atoms with Crippen molar-refractivity contribution in [1.29, 1.82) is 0 Å². The van der Waals surface area contributed by atoms with Gasteiger partial charge in [0.1, 0.15) is 5.82 Å². The van der Waals surface area contributed by atoms with E-state index in [0.29, 0.717) is 6.42 Å². The predicted molar refractivity (Wildman–Crippen MR) is 86.1 cm³/mol. The maximum Gasteiger partial charge on any atom is 0.306 e. The number of ketones is 1. The minimum atomic E-state index is -3.10. The molecule has 1 N–H and O–H groups in total. The number of nitrogens with one attached hydrogen (secondary N) is 1. The molecule has 1 amide bonds. The van der Waals surface area contributed by atoms with Gasteiger partial charge in [0.25, 0.3) is 5.91 Å². The maximum atomic E-state index is 12.8. The molecule has 1 fully saturated rings. The Balaban J connectivity index is 1.67. The molecule has 9 heteroatoms. The third-order valence-electron chi connectivity index (χ3n) is 3.68. The first kappa shape index (κ1) is 19.0. The van der Waals surface area contributed by atoms with Gasteiger partial charge in [-0.3, -0.25) is 14.4 Å². The molecular weight excluding hydrogens is 353 g/mol. The van der Waals surface area contributed by atoms with Gasteiger partial charge >= 0.3 is 5.97 Å². The molecule has 1 aliphatic rings. The molecule has 25 heavy (non-hydrogen) atoms. The second-order valence-corrected chi connectivity index (χ2v) is 7.99. The summed E-state index contributed by atoms with van der Waals surface area (Å²) >= 11 is 0. The summed E-state index contributed by atoms with van der Waals surface area (Å²) in [6.45, 7) is -0.528. The summed E-state index contributed by atoms with van der Waals surface area (Å²) in [5.74, 6) is -2.18. The fourth-order valence-electron chi connectivity index (χ4n) is 2.39. The number of carbonyl (C=O) groups is 3. The Morgan fingerprint density at radius 1 is 1.16 bits per heavy atom. The first-order chi connectivity index (χ1) is 11.7. The van der Waals surface area contributed by atoms with Gasteiger partial charge in [-0.15, -0.1) is 0 Å². The van der Waals surface area contributed by atoms with Gasteiger partial charge in [0.15, 0.2) is 22.2 Å². The molecule has 0 saturated carbocycles. The van der Waals surface area contributed by atoms with Gasteiger partial charge in [-0.25, -0.2) is 12.8 Å². The van der Waals surface area contributed by atoms with Crippen molar-refractivity contribution in [1.82, 2.24) is 5.32 Å². The summed E-state index contributed by atoms with van der Waals surface area (Å²) in [4.78, 5) is 35.0. The van der Waals surface area contributed by atoms with Gasteiger partial charge < -0.3 is 10.1 Å². The number of esters is 1. The van der Waals surface area contributed by atoms with E-state index in [2.05, 4.69) is 5.32 Å². The van der Waals surface area contributed by atoms with Crippen LogP contribution >= 0.6 is 0 Å². The SMILES string of the molecule is O=C(COC(=O)CCC(=O)c1ccc(F)cc1)NC1CCS(=O)(=O)C1. The van der Waals surface area contributed by atoms with Crippen LogP contribution in [-0.4, -0.2) is 50.2 Å². The second-order valence-electron chi connectivity index (χ2n) is 5.76. The van der Waals surface area contributed by atoms with E-state index in [-0.39, 0.29) is 35.7 Å². The second kappa shape index (κ2) is 8.19. The van der Waals surface area contributed by atoms with E-state index in [0.717, 1.165) is 12.1 Å². The molecule has 2 rings (SSSR count). The lowest BCUT2D eigenvalue weighted by molar-refractivity contribution is -0.148. The van der Waals surface area contributed by atoms with Crippen LogP contribution in [0.3, 0.4) is 0 Å². The van der Waals surface area contributed by atoms with Gasteiger partial charge in [0.2, 0.25) is 0 Å². The normalized spacial score (nSPS) is 18.5. The number of rotatable bonds is 7. The minimum absolute atomic E-state index is 0.0310. The topological polar surface area (TPSA) is 107 Å². The Morgan fingerprint density at radius 3 is 2.44 bits per heavy atom. The average Bonchev–Trinajstić information content (AvgIpc) is 2.90. The highest BCUT2D eigenvalue weighted by molar-refractivity contribution is 7.91. The zero-order chi connectivity index (χ0) is 18.4. The molecule has 1 aliphatic heterocycles. The van der Waals surface area contributed by atoms with E-state index in [1.165, 1.54) is 12.1 Å². The Labute approximate surface area is 144 Å². The monoisotopic (exact) mass is 371 g/mol. The summed E-state index contributed by atoms with van der Waals surface area (Å²) in [5, 5.41) is 2.49. The molecule has 7 nitrogen and oxygen atoms in total. The predicted octanol–water partition coefficient (Wildman–Crippen LogP) is 0.635. The molecule has 0 spiro atoms. The average molecular weight is 371 g/mol. The van der Waals surface area contributed by atoms with Crippen LogP contribution in [0.25, 0.3) is 0 Å². The fourth-order valence-corrected chi connectivity index (χ4v) is 4.07. The van der Waals surface area contributed by atoms with Gasteiger partial charge in [-0.2, -0.15) is 0 Å². The summed E-state index contributed by atoms with van der Waals surface area (Å²) in [5.41, 5.74) is 0.286. The van der Waals surface area contributed by atoms with Crippen LogP contribution in [0.4, 0.5) is 4.39 Å². The van der Waals surface area contributed by atoms with Crippen molar-refractivity contribution in [2.75, 3.05) is 18.1 Å². The van der Waals surface area contributed by atoms with Crippen LogP contribution in [0.15, 0.2) is 24.3 Å². The van der Waals surface area contributed by atoms with Gasteiger partial charge in [-0.1, -0.05) is 0 Å². The van der Waals surface area contributed by atoms with E-state index >= 15 is 0 Å². The van der Waals surface area contributed by atoms with E-state index in [9.17, 15) is 27.2 Å². The number of halogens is 1. The third kappa shape index (κ3) is 6.26. The first-order valence-electron chi connectivity index (χ1n) is 7.69. The molecule has 136 valence electrons. The molecule has 1 heterocycles. The van der Waals surface area contributed by atoms with Crippen LogP contribution < -0.4 is 5.32 Å². The number of amides is 1. The Kier molecular flexibility index (Phi) is 6.24. The van der Waals surface area contributed by atoms with Gasteiger partial charge in [0, 0.05) is 18.0 Å². The number of benzene rings is 1. The molecule has 1 atom stereocenters. The van der Waals surface area contributed by atoms with Gasteiger partial charge in [0.05, 0.1) is 17.9 Å². The highest BCUT2D eigenvalue weighted by Gasteiger charge is 2.29.